The highest BCUT2D eigenvalue weighted by molar-refractivity contribution is 7.13. The molecule has 2 heterocycles. The molecule has 0 amide bonds. The quantitative estimate of drug-likeness (QED) is 0.869. The summed E-state index contributed by atoms with van der Waals surface area (Å²) in [5.41, 5.74) is 8.79. The molecule has 0 aliphatic carbocycles. The lowest BCUT2D eigenvalue weighted by Gasteiger charge is -2.14. The second kappa shape index (κ2) is 4.57. The molecule has 0 spiro atoms. The van der Waals surface area contributed by atoms with Crippen molar-refractivity contribution in [1.29, 1.82) is 0 Å². The maximum atomic E-state index is 5.97. The number of rotatable bonds is 2. The van der Waals surface area contributed by atoms with E-state index in [9.17, 15) is 0 Å². The SMILES string of the molecule is Cc1ccnc(Nc2nc(C(C)(C)C)cs2)c1N. The van der Waals surface area contributed by atoms with Crippen molar-refractivity contribution in [2.24, 2.45) is 0 Å². The molecule has 0 fully saturated rings. The maximum absolute atomic E-state index is 5.97. The molecule has 4 nitrogen and oxygen atoms in total. The molecule has 0 saturated carbocycles. The third kappa shape index (κ3) is 2.61. The third-order valence-electron chi connectivity index (χ3n) is 2.71. The van der Waals surface area contributed by atoms with E-state index in [4.69, 9.17) is 5.73 Å². The summed E-state index contributed by atoms with van der Waals surface area (Å²) in [4.78, 5) is 8.80. The first-order chi connectivity index (χ1) is 8.38. The van der Waals surface area contributed by atoms with Gasteiger partial charge in [-0.25, -0.2) is 9.97 Å². The second-order valence-corrected chi connectivity index (χ2v) is 6.16. The average Bonchev–Trinajstić information content (AvgIpc) is 2.73. The van der Waals surface area contributed by atoms with Gasteiger partial charge in [0.15, 0.2) is 10.9 Å². The van der Waals surface area contributed by atoms with E-state index in [1.807, 2.05) is 13.0 Å². The fourth-order valence-corrected chi connectivity index (χ4v) is 2.38. The minimum Gasteiger partial charge on any atom is -0.396 e. The van der Waals surface area contributed by atoms with Gasteiger partial charge in [0.1, 0.15) is 0 Å². The van der Waals surface area contributed by atoms with Crippen LogP contribution < -0.4 is 11.1 Å². The highest BCUT2D eigenvalue weighted by atomic mass is 32.1. The average molecular weight is 262 g/mol. The summed E-state index contributed by atoms with van der Waals surface area (Å²) in [6.45, 7) is 8.39. The lowest BCUT2D eigenvalue weighted by molar-refractivity contribution is 0.573. The molecule has 0 unspecified atom stereocenters. The van der Waals surface area contributed by atoms with E-state index in [2.05, 4.69) is 41.4 Å². The van der Waals surface area contributed by atoms with Crippen LogP contribution in [0.2, 0.25) is 0 Å². The predicted molar refractivity (Wildman–Crippen MR) is 77.5 cm³/mol. The molecule has 2 aromatic rings. The largest absolute Gasteiger partial charge is 0.396 e. The fourth-order valence-electron chi connectivity index (χ4n) is 1.45. The molecular formula is C13H18N4S. The van der Waals surface area contributed by atoms with E-state index in [0.717, 1.165) is 16.4 Å². The van der Waals surface area contributed by atoms with Crippen LogP contribution in [0.4, 0.5) is 16.6 Å². The summed E-state index contributed by atoms with van der Waals surface area (Å²) in [6, 6.07) is 1.89. The van der Waals surface area contributed by atoms with Crippen LogP contribution >= 0.6 is 11.3 Å². The van der Waals surface area contributed by atoms with Gasteiger partial charge in [0.05, 0.1) is 11.4 Å². The van der Waals surface area contributed by atoms with E-state index in [-0.39, 0.29) is 5.41 Å². The molecule has 96 valence electrons. The minimum atomic E-state index is 0.0575. The van der Waals surface area contributed by atoms with Crippen LogP contribution in [0.1, 0.15) is 32.0 Å². The standard InChI is InChI=1S/C13H18N4S/c1-8-5-6-15-11(10(8)14)17-12-16-9(7-18-12)13(2,3)4/h5-7H,14H2,1-4H3,(H,15,16,17). The predicted octanol–water partition coefficient (Wildman–Crippen LogP) is 3.47. The van der Waals surface area contributed by atoms with E-state index in [0.29, 0.717) is 11.5 Å². The summed E-state index contributed by atoms with van der Waals surface area (Å²) in [5.74, 6) is 0.671. The summed E-state index contributed by atoms with van der Waals surface area (Å²) in [7, 11) is 0. The Hall–Kier alpha value is -1.62. The van der Waals surface area contributed by atoms with Crippen molar-refractivity contribution in [1.82, 2.24) is 9.97 Å². The van der Waals surface area contributed by atoms with Gasteiger partial charge in [-0.3, -0.25) is 0 Å². The highest BCUT2D eigenvalue weighted by Crippen LogP contribution is 2.29. The summed E-state index contributed by atoms with van der Waals surface area (Å²) < 4.78 is 0. The normalized spacial score (nSPS) is 11.6. The lowest BCUT2D eigenvalue weighted by Crippen LogP contribution is -2.11. The van der Waals surface area contributed by atoms with Crippen LogP contribution in [0, 0.1) is 6.92 Å². The van der Waals surface area contributed by atoms with E-state index >= 15 is 0 Å². The van der Waals surface area contributed by atoms with Crippen LogP contribution in [-0.4, -0.2) is 9.97 Å². The number of nitrogens with two attached hydrogens (primary N) is 1. The first-order valence-corrected chi connectivity index (χ1v) is 6.70. The van der Waals surface area contributed by atoms with Crippen molar-refractivity contribution in [2.75, 3.05) is 11.1 Å². The molecule has 0 aliphatic rings. The number of aromatic nitrogens is 2. The Bertz CT molecular complexity index is 554. The van der Waals surface area contributed by atoms with Gasteiger partial charge in [0.2, 0.25) is 0 Å². The molecule has 5 heteroatoms. The smallest absolute Gasteiger partial charge is 0.188 e. The number of nitrogen functional groups attached to an aromatic ring is 1. The number of nitrogens with zero attached hydrogens (tertiary/aromatic N) is 2. The van der Waals surface area contributed by atoms with Crippen molar-refractivity contribution in [3.8, 4) is 0 Å². The van der Waals surface area contributed by atoms with E-state index < -0.39 is 0 Å². The molecule has 2 aromatic heterocycles. The Morgan fingerprint density at radius 1 is 1.33 bits per heavy atom. The number of pyridine rings is 1. The summed E-state index contributed by atoms with van der Waals surface area (Å²) >= 11 is 1.57. The molecule has 0 radical (unpaired) electrons. The monoisotopic (exact) mass is 262 g/mol. The second-order valence-electron chi connectivity index (χ2n) is 5.30. The van der Waals surface area contributed by atoms with Gasteiger partial charge in [0.25, 0.3) is 0 Å². The molecule has 2 rings (SSSR count). The summed E-state index contributed by atoms with van der Waals surface area (Å²) in [6.07, 6.45) is 1.74. The zero-order chi connectivity index (χ0) is 13.3. The van der Waals surface area contributed by atoms with Gasteiger partial charge >= 0.3 is 0 Å². The molecule has 0 saturated heterocycles. The Morgan fingerprint density at radius 2 is 2.06 bits per heavy atom. The minimum absolute atomic E-state index is 0.0575. The van der Waals surface area contributed by atoms with Crippen LogP contribution in [0.25, 0.3) is 0 Å². The molecule has 0 atom stereocenters. The van der Waals surface area contributed by atoms with Gasteiger partial charge < -0.3 is 11.1 Å². The maximum Gasteiger partial charge on any atom is 0.188 e. The first kappa shape index (κ1) is 12.8. The van der Waals surface area contributed by atoms with Crippen molar-refractivity contribution in [3.63, 3.8) is 0 Å². The van der Waals surface area contributed by atoms with Crippen LogP contribution in [0.5, 0.6) is 0 Å². The Balaban J connectivity index is 2.24. The topological polar surface area (TPSA) is 63.8 Å². The molecule has 18 heavy (non-hydrogen) atoms. The number of hydrogen-bond donors (Lipinski definition) is 2. The molecule has 3 N–H and O–H groups in total. The summed E-state index contributed by atoms with van der Waals surface area (Å²) in [5, 5.41) is 6.06. The number of thiazole rings is 1. The van der Waals surface area contributed by atoms with Crippen LogP contribution in [0.3, 0.4) is 0 Å². The van der Waals surface area contributed by atoms with Crippen LogP contribution in [0.15, 0.2) is 17.6 Å². The Kier molecular flexibility index (Phi) is 3.26. The van der Waals surface area contributed by atoms with Crippen molar-refractivity contribution in [2.45, 2.75) is 33.1 Å². The Morgan fingerprint density at radius 3 is 2.67 bits per heavy atom. The molecule has 0 aromatic carbocycles. The number of nitrogens with one attached hydrogen (secondary N) is 1. The zero-order valence-corrected chi connectivity index (χ0v) is 11.9. The van der Waals surface area contributed by atoms with Gasteiger partial charge in [-0.05, 0) is 18.6 Å². The van der Waals surface area contributed by atoms with Gasteiger partial charge in [-0.1, -0.05) is 20.8 Å². The van der Waals surface area contributed by atoms with Crippen LogP contribution in [-0.2, 0) is 5.41 Å². The molecule has 0 bridgehead atoms. The highest BCUT2D eigenvalue weighted by Gasteiger charge is 2.17. The zero-order valence-electron chi connectivity index (χ0n) is 11.1. The van der Waals surface area contributed by atoms with Crippen molar-refractivity contribution in [3.05, 3.63) is 28.9 Å². The van der Waals surface area contributed by atoms with Gasteiger partial charge in [-0.2, -0.15) is 0 Å². The third-order valence-corrected chi connectivity index (χ3v) is 3.46. The number of anilines is 3. The van der Waals surface area contributed by atoms with Gasteiger partial charge in [0, 0.05) is 17.0 Å². The molecule has 0 aliphatic heterocycles. The van der Waals surface area contributed by atoms with E-state index in [1.165, 1.54) is 0 Å². The Labute approximate surface area is 111 Å². The van der Waals surface area contributed by atoms with Crippen molar-refractivity contribution < 1.29 is 0 Å². The van der Waals surface area contributed by atoms with Crippen molar-refractivity contribution >= 4 is 28.0 Å². The fraction of sp³-hybridized carbons (Fsp3) is 0.385. The number of aryl methyl sites for hydroxylation is 1. The van der Waals surface area contributed by atoms with E-state index in [1.54, 1.807) is 17.5 Å². The lowest BCUT2D eigenvalue weighted by atomic mass is 9.93. The first-order valence-electron chi connectivity index (χ1n) is 5.82. The molecular weight excluding hydrogens is 244 g/mol. The van der Waals surface area contributed by atoms with Gasteiger partial charge in [-0.15, -0.1) is 11.3 Å². The number of hydrogen-bond acceptors (Lipinski definition) is 5.